The third kappa shape index (κ3) is 5.42. The lowest BCUT2D eigenvalue weighted by Gasteiger charge is -2.27. The normalized spacial score (nSPS) is 19.7. The largest absolute Gasteiger partial charge is 0.308 e. The van der Waals surface area contributed by atoms with Crippen molar-refractivity contribution in [2.24, 2.45) is 5.14 Å². The lowest BCUT2D eigenvalue weighted by molar-refractivity contribution is -0.120. The highest BCUT2D eigenvalue weighted by atomic mass is 32.2. The topological polar surface area (TPSA) is 111 Å². The van der Waals surface area contributed by atoms with Crippen LogP contribution in [0.4, 0.5) is 5.69 Å². The van der Waals surface area contributed by atoms with Crippen LogP contribution in [0.3, 0.4) is 0 Å². The summed E-state index contributed by atoms with van der Waals surface area (Å²) < 4.78 is 23.3. The maximum Gasteiger partial charge on any atom is 0.241 e. The first-order chi connectivity index (χ1) is 15.7. The molecule has 2 aliphatic heterocycles. The van der Waals surface area contributed by atoms with Crippen molar-refractivity contribution in [3.05, 3.63) is 59.2 Å². The zero-order valence-electron chi connectivity index (χ0n) is 18.8. The second kappa shape index (κ2) is 9.61. The number of hydrogen-bond acceptors (Lipinski definition) is 6. The minimum atomic E-state index is -3.77. The summed E-state index contributed by atoms with van der Waals surface area (Å²) in [6.45, 7) is 6.65. The van der Waals surface area contributed by atoms with Gasteiger partial charge in [0.15, 0.2) is 0 Å². The fraction of sp³-hybridized carbons (Fsp3) is 0.417. The summed E-state index contributed by atoms with van der Waals surface area (Å²) in [4.78, 5) is 19.7. The number of nitrogens with zero attached hydrogens (tertiary/aromatic N) is 4. The van der Waals surface area contributed by atoms with E-state index in [9.17, 15) is 13.2 Å². The van der Waals surface area contributed by atoms with Gasteiger partial charge >= 0.3 is 0 Å². The van der Waals surface area contributed by atoms with E-state index in [1.165, 1.54) is 11.6 Å². The summed E-state index contributed by atoms with van der Waals surface area (Å²) in [6.07, 6.45) is 1.59. The molecule has 2 heterocycles. The van der Waals surface area contributed by atoms with Gasteiger partial charge in [0.25, 0.3) is 0 Å². The molecule has 2 N–H and O–H groups in total. The van der Waals surface area contributed by atoms with E-state index in [2.05, 4.69) is 15.9 Å². The van der Waals surface area contributed by atoms with Crippen molar-refractivity contribution >= 4 is 21.6 Å². The first kappa shape index (κ1) is 23.4. The van der Waals surface area contributed by atoms with Gasteiger partial charge in [0.2, 0.25) is 15.9 Å². The van der Waals surface area contributed by atoms with Crippen molar-refractivity contribution in [1.29, 1.82) is 5.26 Å². The monoisotopic (exact) mass is 467 g/mol. The van der Waals surface area contributed by atoms with Gasteiger partial charge < -0.3 is 4.90 Å². The SMILES string of the molecule is CC1Cc2cc(S(N)(=O)=O)ccc2N1C(=O)CN1CCCN(Cc2ccc(C#N)cc2)CC1. The van der Waals surface area contributed by atoms with Gasteiger partial charge in [-0.3, -0.25) is 14.6 Å². The predicted molar refractivity (Wildman–Crippen MR) is 126 cm³/mol. The number of nitrogens with two attached hydrogens (primary N) is 1. The molecule has 33 heavy (non-hydrogen) atoms. The summed E-state index contributed by atoms with van der Waals surface area (Å²) >= 11 is 0. The molecule has 174 valence electrons. The molecule has 4 rings (SSSR count). The molecule has 0 radical (unpaired) electrons. The molecule has 9 heteroatoms. The summed E-state index contributed by atoms with van der Waals surface area (Å²) in [5.74, 6) is 0.0325. The van der Waals surface area contributed by atoms with E-state index >= 15 is 0 Å². The van der Waals surface area contributed by atoms with Crippen molar-refractivity contribution in [1.82, 2.24) is 9.80 Å². The van der Waals surface area contributed by atoms with Crippen molar-refractivity contribution in [3.8, 4) is 6.07 Å². The molecule has 2 aliphatic rings. The highest BCUT2D eigenvalue weighted by molar-refractivity contribution is 7.89. The maximum atomic E-state index is 13.2. The molecule has 1 amide bonds. The van der Waals surface area contributed by atoms with Crippen LogP contribution in [-0.4, -0.2) is 62.9 Å². The molecule has 1 atom stereocenters. The average Bonchev–Trinajstić information content (AvgIpc) is 2.96. The number of carbonyl (C=O) groups excluding carboxylic acids is 1. The number of rotatable bonds is 5. The zero-order valence-corrected chi connectivity index (χ0v) is 19.6. The Bertz CT molecular complexity index is 1170. The van der Waals surface area contributed by atoms with Gasteiger partial charge in [0.1, 0.15) is 0 Å². The number of benzene rings is 2. The summed E-state index contributed by atoms with van der Waals surface area (Å²) in [7, 11) is -3.77. The molecular formula is C24H29N5O3S. The molecule has 2 aromatic carbocycles. The molecule has 0 spiro atoms. The first-order valence-electron chi connectivity index (χ1n) is 11.2. The van der Waals surface area contributed by atoms with Gasteiger partial charge in [0.05, 0.1) is 23.1 Å². The number of sulfonamides is 1. The van der Waals surface area contributed by atoms with Crippen molar-refractivity contribution in [2.75, 3.05) is 37.6 Å². The van der Waals surface area contributed by atoms with E-state index in [0.717, 1.165) is 50.4 Å². The zero-order chi connectivity index (χ0) is 23.6. The van der Waals surface area contributed by atoms with E-state index < -0.39 is 10.0 Å². The van der Waals surface area contributed by atoms with Crippen LogP contribution in [0.2, 0.25) is 0 Å². The Morgan fingerprint density at radius 2 is 1.79 bits per heavy atom. The van der Waals surface area contributed by atoms with E-state index in [1.807, 2.05) is 31.2 Å². The number of fused-ring (bicyclic) bond motifs is 1. The molecule has 8 nitrogen and oxygen atoms in total. The third-order valence-electron chi connectivity index (χ3n) is 6.39. The van der Waals surface area contributed by atoms with Gasteiger partial charge in [-0.05, 0) is 74.3 Å². The van der Waals surface area contributed by atoms with Gasteiger partial charge in [-0.1, -0.05) is 12.1 Å². The van der Waals surface area contributed by atoms with Crippen LogP contribution in [0.15, 0.2) is 47.4 Å². The van der Waals surface area contributed by atoms with Gasteiger partial charge in [-0.2, -0.15) is 5.26 Å². The average molecular weight is 468 g/mol. The third-order valence-corrected chi connectivity index (χ3v) is 7.30. The van der Waals surface area contributed by atoms with Gasteiger partial charge in [-0.15, -0.1) is 0 Å². The van der Waals surface area contributed by atoms with Gasteiger partial charge in [-0.25, -0.2) is 13.6 Å². The highest BCUT2D eigenvalue weighted by Gasteiger charge is 2.32. The number of hydrogen-bond donors (Lipinski definition) is 1. The molecule has 0 aliphatic carbocycles. The molecule has 1 unspecified atom stereocenters. The van der Waals surface area contributed by atoms with Gasteiger partial charge in [0, 0.05) is 31.4 Å². The quantitative estimate of drug-likeness (QED) is 0.716. The molecule has 1 fully saturated rings. The van der Waals surface area contributed by atoms with Crippen molar-refractivity contribution in [2.45, 2.75) is 37.2 Å². The minimum Gasteiger partial charge on any atom is -0.308 e. The molecule has 2 aromatic rings. The van der Waals surface area contributed by atoms with E-state index in [-0.39, 0.29) is 16.8 Å². The summed E-state index contributed by atoms with van der Waals surface area (Å²) in [5, 5.41) is 14.2. The Hall–Kier alpha value is -2.77. The van der Waals surface area contributed by atoms with E-state index in [1.54, 1.807) is 17.0 Å². The second-order valence-electron chi connectivity index (χ2n) is 8.87. The van der Waals surface area contributed by atoms with Crippen LogP contribution >= 0.6 is 0 Å². The lowest BCUT2D eigenvalue weighted by atomic mass is 10.1. The Morgan fingerprint density at radius 1 is 1.09 bits per heavy atom. The number of anilines is 1. The van der Waals surface area contributed by atoms with Crippen LogP contribution < -0.4 is 10.0 Å². The summed E-state index contributed by atoms with van der Waals surface area (Å²) in [6, 6.07) is 14.6. The van der Waals surface area contributed by atoms with Crippen LogP contribution in [0.5, 0.6) is 0 Å². The van der Waals surface area contributed by atoms with Crippen LogP contribution in [0.25, 0.3) is 0 Å². The standard InChI is InChI=1S/C24H29N5O3S/c1-18-13-21-14-22(33(26,31)32)7-8-23(21)29(18)24(30)17-28-10-2-9-27(11-12-28)16-20-5-3-19(15-25)4-6-20/h3-8,14,18H,2,9-13,16-17H2,1H3,(H2,26,31,32). The fourth-order valence-corrected chi connectivity index (χ4v) is 5.28. The Kier molecular flexibility index (Phi) is 6.81. The van der Waals surface area contributed by atoms with Crippen LogP contribution in [-0.2, 0) is 27.8 Å². The Labute approximate surface area is 195 Å². The Morgan fingerprint density at radius 3 is 2.48 bits per heavy atom. The molecule has 0 bridgehead atoms. The van der Waals surface area contributed by atoms with E-state index in [0.29, 0.717) is 18.5 Å². The van der Waals surface area contributed by atoms with E-state index in [4.69, 9.17) is 10.4 Å². The van der Waals surface area contributed by atoms with Crippen LogP contribution in [0.1, 0.15) is 30.0 Å². The molecule has 0 saturated carbocycles. The molecule has 0 aromatic heterocycles. The summed E-state index contributed by atoms with van der Waals surface area (Å²) in [5.41, 5.74) is 3.46. The second-order valence-corrected chi connectivity index (χ2v) is 10.4. The number of carbonyl (C=O) groups is 1. The van der Waals surface area contributed by atoms with Crippen molar-refractivity contribution < 1.29 is 13.2 Å². The van der Waals surface area contributed by atoms with Crippen LogP contribution in [0, 0.1) is 11.3 Å². The smallest absolute Gasteiger partial charge is 0.241 e. The predicted octanol–water partition coefficient (Wildman–Crippen LogP) is 1.69. The number of primary sulfonamides is 1. The van der Waals surface area contributed by atoms with Crippen molar-refractivity contribution in [3.63, 3.8) is 0 Å². The molecular weight excluding hydrogens is 438 g/mol. The minimum absolute atomic E-state index is 0.0249. The number of amides is 1. The highest BCUT2D eigenvalue weighted by Crippen LogP contribution is 2.33. The first-order valence-corrected chi connectivity index (χ1v) is 12.7. The lowest BCUT2D eigenvalue weighted by Crippen LogP contribution is -2.44. The maximum absolute atomic E-state index is 13.2. The molecule has 1 saturated heterocycles. The number of nitriles is 1. The fourth-order valence-electron chi connectivity index (χ4n) is 4.72. The Balaban J connectivity index is 1.37.